The number of aliphatic hydroxyl groups excluding tert-OH is 1. The van der Waals surface area contributed by atoms with E-state index >= 15 is 0 Å². The zero-order chi connectivity index (χ0) is 17.1. The number of rotatable bonds is 4. The number of hydrogen-bond acceptors (Lipinski definition) is 5. The number of hydrogen-bond donors (Lipinski definition) is 2. The Balaban J connectivity index is 1.68. The molecule has 7 nitrogen and oxygen atoms in total. The monoisotopic (exact) mass is 335 g/mol. The van der Waals surface area contributed by atoms with Crippen molar-refractivity contribution in [2.24, 2.45) is 11.8 Å². The lowest BCUT2D eigenvalue weighted by molar-refractivity contribution is 0.0264. The first-order valence-electron chi connectivity index (χ1n) is 8.48. The van der Waals surface area contributed by atoms with Crippen molar-refractivity contribution < 1.29 is 14.6 Å². The van der Waals surface area contributed by atoms with E-state index in [1.165, 1.54) is 12.3 Å². The van der Waals surface area contributed by atoms with Gasteiger partial charge in [-0.05, 0) is 12.8 Å². The molecule has 1 aromatic heterocycles. The Labute approximate surface area is 141 Å². The van der Waals surface area contributed by atoms with Crippen LogP contribution in [0.25, 0.3) is 0 Å². The number of morpholine rings is 1. The number of likely N-dealkylation sites (tertiary alicyclic amines) is 1. The fourth-order valence-electron chi connectivity index (χ4n) is 3.54. The summed E-state index contributed by atoms with van der Waals surface area (Å²) in [5.74, 6) is 0.0297. The smallest absolute Gasteiger partial charge is 0.259 e. The number of ether oxygens (including phenoxy) is 1. The van der Waals surface area contributed by atoms with Crippen LogP contribution in [-0.4, -0.2) is 78.3 Å². The second-order valence-corrected chi connectivity index (χ2v) is 6.72. The number of carbonyl (C=O) groups is 1. The molecule has 2 saturated heterocycles. The molecule has 0 saturated carbocycles. The van der Waals surface area contributed by atoms with Crippen LogP contribution in [0.15, 0.2) is 17.1 Å². The molecule has 0 bridgehead atoms. The standard InChI is InChI=1S/C17H25N3O4/c1-12-6-16(22)15(7-18-12)17(23)20-9-13(14(10-20)11-21)8-19-2-4-24-5-3-19/h6-7,13-14,21H,2-5,8-11H2,1H3,(H,18,22). The molecule has 3 heterocycles. The van der Waals surface area contributed by atoms with E-state index in [-0.39, 0.29) is 35.3 Å². The van der Waals surface area contributed by atoms with E-state index in [0.717, 1.165) is 38.5 Å². The predicted molar refractivity (Wildman–Crippen MR) is 89.0 cm³/mol. The summed E-state index contributed by atoms with van der Waals surface area (Å²) in [6, 6.07) is 1.44. The largest absolute Gasteiger partial charge is 0.396 e. The van der Waals surface area contributed by atoms with Gasteiger partial charge in [0.25, 0.3) is 5.91 Å². The van der Waals surface area contributed by atoms with Crippen molar-refractivity contribution in [3.05, 3.63) is 33.7 Å². The Morgan fingerprint density at radius 1 is 1.33 bits per heavy atom. The molecule has 2 N–H and O–H groups in total. The maximum absolute atomic E-state index is 12.7. The van der Waals surface area contributed by atoms with E-state index in [1.807, 2.05) is 0 Å². The number of H-pyrrole nitrogens is 1. The summed E-state index contributed by atoms with van der Waals surface area (Å²) >= 11 is 0. The maximum atomic E-state index is 12.7. The number of pyridine rings is 1. The average Bonchev–Trinajstić information content (AvgIpc) is 2.98. The molecule has 0 aliphatic carbocycles. The second-order valence-electron chi connectivity index (χ2n) is 6.72. The van der Waals surface area contributed by atoms with Gasteiger partial charge in [0.1, 0.15) is 5.56 Å². The molecule has 1 amide bonds. The minimum absolute atomic E-state index is 0.0568. The van der Waals surface area contributed by atoms with Crippen molar-refractivity contribution in [1.82, 2.24) is 14.8 Å². The van der Waals surface area contributed by atoms with Crippen LogP contribution in [0.1, 0.15) is 16.1 Å². The normalized spacial score (nSPS) is 25.2. The molecule has 0 spiro atoms. The van der Waals surface area contributed by atoms with Crippen molar-refractivity contribution in [1.29, 1.82) is 0 Å². The number of amides is 1. The molecule has 7 heteroatoms. The summed E-state index contributed by atoms with van der Waals surface area (Å²) in [7, 11) is 0. The molecule has 132 valence electrons. The number of carbonyl (C=O) groups excluding carboxylic acids is 1. The van der Waals surface area contributed by atoms with Gasteiger partial charge in [-0.1, -0.05) is 0 Å². The average molecular weight is 335 g/mol. The van der Waals surface area contributed by atoms with E-state index in [9.17, 15) is 14.7 Å². The van der Waals surface area contributed by atoms with E-state index in [1.54, 1.807) is 11.8 Å². The van der Waals surface area contributed by atoms with E-state index in [2.05, 4.69) is 9.88 Å². The highest BCUT2D eigenvalue weighted by Gasteiger charge is 2.36. The van der Waals surface area contributed by atoms with E-state index < -0.39 is 0 Å². The zero-order valence-corrected chi connectivity index (χ0v) is 14.0. The van der Waals surface area contributed by atoms with Gasteiger partial charge in [-0.3, -0.25) is 14.5 Å². The van der Waals surface area contributed by atoms with Gasteiger partial charge < -0.3 is 19.7 Å². The Morgan fingerprint density at radius 3 is 2.71 bits per heavy atom. The van der Waals surface area contributed by atoms with Crippen molar-refractivity contribution in [3.8, 4) is 0 Å². The summed E-state index contributed by atoms with van der Waals surface area (Å²) in [5.41, 5.74) is 0.647. The number of aromatic amines is 1. The fraction of sp³-hybridized carbons (Fsp3) is 0.647. The van der Waals surface area contributed by atoms with Crippen LogP contribution in [0.3, 0.4) is 0 Å². The Kier molecular flexibility index (Phi) is 5.33. The molecule has 2 atom stereocenters. The summed E-state index contributed by atoms with van der Waals surface area (Å²) < 4.78 is 5.36. The van der Waals surface area contributed by atoms with Crippen molar-refractivity contribution >= 4 is 5.91 Å². The predicted octanol–water partition coefficient (Wildman–Crippen LogP) is -0.304. The van der Waals surface area contributed by atoms with Crippen LogP contribution in [0.2, 0.25) is 0 Å². The first kappa shape index (κ1) is 17.1. The lowest BCUT2D eigenvalue weighted by atomic mass is 9.96. The number of aryl methyl sites for hydroxylation is 1. The van der Waals surface area contributed by atoms with E-state index in [4.69, 9.17) is 4.74 Å². The molecular formula is C17H25N3O4. The molecule has 2 aliphatic heterocycles. The molecule has 1 aromatic rings. The summed E-state index contributed by atoms with van der Waals surface area (Å²) in [6.07, 6.45) is 1.49. The zero-order valence-electron chi connectivity index (χ0n) is 14.0. The van der Waals surface area contributed by atoms with Crippen molar-refractivity contribution in [3.63, 3.8) is 0 Å². The summed E-state index contributed by atoms with van der Waals surface area (Å²) in [5, 5.41) is 9.68. The van der Waals surface area contributed by atoms with Crippen LogP contribution in [0, 0.1) is 18.8 Å². The Bertz CT molecular complexity index is 639. The van der Waals surface area contributed by atoms with Gasteiger partial charge in [0.05, 0.1) is 13.2 Å². The van der Waals surface area contributed by atoms with Gasteiger partial charge in [0, 0.05) is 63.2 Å². The minimum atomic E-state index is -0.256. The van der Waals surface area contributed by atoms with Gasteiger partial charge in [-0.2, -0.15) is 0 Å². The third-order valence-electron chi connectivity index (χ3n) is 4.98. The number of aliphatic hydroxyl groups is 1. The number of nitrogens with one attached hydrogen (secondary N) is 1. The highest BCUT2D eigenvalue weighted by molar-refractivity contribution is 5.94. The third kappa shape index (κ3) is 3.68. The first-order chi connectivity index (χ1) is 11.6. The van der Waals surface area contributed by atoms with Gasteiger partial charge >= 0.3 is 0 Å². The fourth-order valence-corrected chi connectivity index (χ4v) is 3.54. The SMILES string of the molecule is Cc1cc(=O)c(C(=O)N2CC(CO)C(CN3CCOCC3)C2)c[nH]1. The number of nitrogens with zero attached hydrogens (tertiary/aromatic N) is 2. The number of aromatic nitrogens is 1. The van der Waals surface area contributed by atoms with Crippen LogP contribution < -0.4 is 5.43 Å². The van der Waals surface area contributed by atoms with Crippen LogP contribution in [-0.2, 0) is 4.74 Å². The first-order valence-corrected chi connectivity index (χ1v) is 8.48. The second kappa shape index (κ2) is 7.46. The topological polar surface area (TPSA) is 85.9 Å². The maximum Gasteiger partial charge on any atom is 0.259 e. The molecule has 2 unspecified atom stereocenters. The van der Waals surface area contributed by atoms with Crippen molar-refractivity contribution in [2.75, 3.05) is 52.5 Å². The molecule has 2 aliphatic rings. The Morgan fingerprint density at radius 2 is 2.04 bits per heavy atom. The molecule has 24 heavy (non-hydrogen) atoms. The van der Waals surface area contributed by atoms with Crippen LogP contribution in [0.4, 0.5) is 0 Å². The lowest BCUT2D eigenvalue weighted by Gasteiger charge is -2.30. The third-order valence-corrected chi connectivity index (χ3v) is 4.98. The minimum Gasteiger partial charge on any atom is -0.396 e. The van der Waals surface area contributed by atoms with Crippen LogP contribution in [0.5, 0.6) is 0 Å². The highest BCUT2D eigenvalue weighted by Crippen LogP contribution is 2.25. The molecule has 2 fully saturated rings. The van der Waals surface area contributed by atoms with Crippen LogP contribution >= 0.6 is 0 Å². The van der Waals surface area contributed by atoms with Gasteiger partial charge in [0.15, 0.2) is 5.43 Å². The molecular weight excluding hydrogens is 310 g/mol. The van der Waals surface area contributed by atoms with Gasteiger partial charge in [0.2, 0.25) is 0 Å². The lowest BCUT2D eigenvalue weighted by Crippen LogP contribution is -2.41. The van der Waals surface area contributed by atoms with Gasteiger partial charge in [-0.15, -0.1) is 0 Å². The quantitative estimate of drug-likeness (QED) is 0.789. The van der Waals surface area contributed by atoms with Crippen molar-refractivity contribution in [2.45, 2.75) is 6.92 Å². The molecule has 3 rings (SSSR count). The molecule has 0 radical (unpaired) electrons. The van der Waals surface area contributed by atoms with E-state index in [0.29, 0.717) is 13.1 Å². The molecule has 0 aromatic carbocycles. The van der Waals surface area contributed by atoms with Gasteiger partial charge in [-0.25, -0.2) is 0 Å². The summed E-state index contributed by atoms with van der Waals surface area (Å²) in [4.78, 5) is 31.7. The highest BCUT2D eigenvalue weighted by atomic mass is 16.5. The summed E-state index contributed by atoms with van der Waals surface area (Å²) in [6.45, 7) is 7.01. The Hall–Kier alpha value is -1.70.